The van der Waals surface area contributed by atoms with Crippen molar-refractivity contribution in [1.29, 1.82) is 0 Å². The Morgan fingerprint density at radius 1 is 1.38 bits per heavy atom. The summed E-state index contributed by atoms with van der Waals surface area (Å²) in [6.45, 7) is 4.33. The van der Waals surface area contributed by atoms with Gasteiger partial charge >= 0.3 is 5.97 Å². The SMILES string of the molecule is CCC1(C(=O)O)CCN(Cc2cn(C)c3ccccc23)C1. The van der Waals surface area contributed by atoms with Crippen molar-refractivity contribution in [3.05, 3.63) is 36.0 Å². The maximum atomic E-state index is 11.5. The molecule has 0 bridgehead atoms. The number of benzene rings is 1. The molecule has 1 N–H and O–H groups in total. The number of carboxylic acid groups (broad SMARTS) is 1. The van der Waals surface area contributed by atoms with Crippen LogP contribution in [-0.4, -0.2) is 33.6 Å². The largest absolute Gasteiger partial charge is 0.481 e. The lowest BCUT2D eigenvalue weighted by Gasteiger charge is -2.23. The van der Waals surface area contributed by atoms with E-state index in [0.717, 1.165) is 19.5 Å². The highest BCUT2D eigenvalue weighted by molar-refractivity contribution is 5.83. The lowest BCUT2D eigenvalue weighted by Crippen LogP contribution is -2.33. The first-order valence-corrected chi connectivity index (χ1v) is 7.54. The van der Waals surface area contributed by atoms with Crippen LogP contribution < -0.4 is 0 Å². The number of aromatic nitrogens is 1. The molecule has 0 aliphatic carbocycles. The van der Waals surface area contributed by atoms with E-state index in [4.69, 9.17) is 0 Å². The molecule has 4 nitrogen and oxygen atoms in total. The van der Waals surface area contributed by atoms with Gasteiger partial charge in [0.15, 0.2) is 0 Å². The van der Waals surface area contributed by atoms with Crippen LogP contribution in [0.2, 0.25) is 0 Å². The Labute approximate surface area is 125 Å². The highest BCUT2D eigenvalue weighted by Crippen LogP contribution is 2.35. The van der Waals surface area contributed by atoms with Gasteiger partial charge in [0.2, 0.25) is 0 Å². The summed E-state index contributed by atoms with van der Waals surface area (Å²) in [5, 5.41) is 10.8. The lowest BCUT2D eigenvalue weighted by molar-refractivity contribution is -0.148. The minimum absolute atomic E-state index is 0.551. The van der Waals surface area contributed by atoms with Crippen molar-refractivity contribution in [3.8, 4) is 0 Å². The summed E-state index contributed by atoms with van der Waals surface area (Å²) in [5.74, 6) is -0.648. The van der Waals surface area contributed by atoms with Gasteiger partial charge in [-0.1, -0.05) is 25.1 Å². The number of carboxylic acids is 1. The molecule has 1 aromatic heterocycles. The maximum Gasteiger partial charge on any atom is 0.310 e. The minimum atomic E-state index is -0.648. The van der Waals surface area contributed by atoms with Crippen molar-refractivity contribution in [2.45, 2.75) is 26.3 Å². The Morgan fingerprint density at radius 3 is 2.81 bits per heavy atom. The van der Waals surface area contributed by atoms with E-state index in [1.807, 2.05) is 6.92 Å². The van der Waals surface area contributed by atoms with Gasteiger partial charge in [-0.15, -0.1) is 0 Å². The molecule has 3 rings (SSSR count). The Bertz CT molecular complexity index is 676. The van der Waals surface area contributed by atoms with Gasteiger partial charge in [-0.2, -0.15) is 0 Å². The Kier molecular flexibility index (Phi) is 3.49. The second kappa shape index (κ2) is 5.19. The highest BCUT2D eigenvalue weighted by Gasteiger charge is 2.43. The van der Waals surface area contributed by atoms with Crippen LogP contribution >= 0.6 is 0 Å². The molecule has 2 aromatic rings. The van der Waals surface area contributed by atoms with Crippen LogP contribution in [0.1, 0.15) is 25.3 Å². The first-order chi connectivity index (χ1) is 10.1. The second-order valence-electron chi connectivity index (χ2n) is 6.18. The molecule has 1 aliphatic rings. The van der Waals surface area contributed by atoms with Crippen LogP contribution in [0.5, 0.6) is 0 Å². The number of nitrogens with zero attached hydrogens (tertiary/aromatic N) is 2. The van der Waals surface area contributed by atoms with Crippen molar-refractivity contribution in [2.75, 3.05) is 13.1 Å². The molecular formula is C17H22N2O2. The third-order valence-corrected chi connectivity index (χ3v) is 4.94. The zero-order valence-corrected chi connectivity index (χ0v) is 12.7. The van der Waals surface area contributed by atoms with E-state index in [2.05, 4.69) is 47.0 Å². The molecule has 1 aliphatic heterocycles. The van der Waals surface area contributed by atoms with Crippen molar-refractivity contribution in [2.24, 2.45) is 12.5 Å². The molecule has 112 valence electrons. The molecule has 0 spiro atoms. The molecule has 1 fully saturated rings. The standard InChI is InChI=1S/C17H22N2O2/c1-3-17(16(20)21)8-9-19(12-17)11-13-10-18(2)15-7-5-4-6-14(13)15/h4-7,10H,3,8-9,11-12H2,1-2H3,(H,20,21). The summed E-state index contributed by atoms with van der Waals surface area (Å²) in [4.78, 5) is 13.8. The number of carbonyl (C=O) groups is 1. The van der Waals surface area contributed by atoms with E-state index >= 15 is 0 Å². The summed E-state index contributed by atoms with van der Waals surface area (Å²) in [7, 11) is 2.06. The first kappa shape index (κ1) is 14.1. The fourth-order valence-corrected chi connectivity index (χ4v) is 3.50. The van der Waals surface area contributed by atoms with Crippen molar-refractivity contribution in [1.82, 2.24) is 9.47 Å². The molecule has 1 unspecified atom stereocenters. The average molecular weight is 286 g/mol. The van der Waals surface area contributed by atoms with Crippen molar-refractivity contribution in [3.63, 3.8) is 0 Å². The number of likely N-dealkylation sites (tertiary alicyclic amines) is 1. The third kappa shape index (κ3) is 2.33. The van der Waals surface area contributed by atoms with E-state index in [1.165, 1.54) is 16.5 Å². The fourth-order valence-electron chi connectivity index (χ4n) is 3.50. The Hall–Kier alpha value is -1.81. The normalized spacial score (nSPS) is 23.0. The van der Waals surface area contributed by atoms with Gasteiger partial charge in [0.1, 0.15) is 0 Å². The summed E-state index contributed by atoms with van der Waals surface area (Å²) in [5.41, 5.74) is 1.96. The third-order valence-electron chi connectivity index (χ3n) is 4.94. The predicted molar refractivity (Wildman–Crippen MR) is 83.2 cm³/mol. The van der Waals surface area contributed by atoms with Gasteiger partial charge in [0.25, 0.3) is 0 Å². The number of aryl methyl sites for hydroxylation is 1. The number of hydrogen-bond acceptors (Lipinski definition) is 2. The van der Waals surface area contributed by atoms with Crippen LogP contribution in [0.15, 0.2) is 30.5 Å². The number of rotatable bonds is 4. The molecule has 4 heteroatoms. The Balaban J connectivity index is 1.83. The first-order valence-electron chi connectivity index (χ1n) is 7.54. The minimum Gasteiger partial charge on any atom is -0.481 e. The predicted octanol–water partition coefficient (Wildman–Crippen LogP) is 2.87. The zero-order chi connectivity index (χ0) is 15.0. The maximum absolute atomic E-state index is 11.5. The van der Waals surface area contributed by atoms with Gasteiger partial charge in [0, 0.05) is 37.2 Å². The molecule has 0 amide bonds. The molecule has 1 atom stereocenters. The molecule has 21 heavy (non-hydrogen) atoms. The van der Waals surface area contributed by atoms with Crippen LogP contribution in [-0.2, 0) is 18.4 Å². The van der Waals surface area contributed by atoms with Crippen molar-refractivity contribution >= 4 is 16.9 Å². The topological polar surface area (TPSA) is 45.5 Å². The van der Waals surface area contributed by atoms with Gasteiger partial charge in [-0.25, -0.2) is 0 Å². The van der Waals surface area contributed by atoms with E-state index in [1.54, 1.807) is 0 Å². The molecule has 2 heterocycles. The molecular weight excluding hydrogens is 264 g/mol. The summed E-state index contributed by atoms with van der Waals surface area (Å²) < 4.78 is 2.14. The van der Waals surface area contributed by atoms with E-state index in [9.17, 15) is 9.90 Å². The average Bonchev–Trinajstić information content (AvgIpc) is 3.03. The number of para-hydroxylation sites is 1. The van der Waals surface area contributed by atoms with E-state index < -0.39 is 11.4 Å². The van der Waals surface area contributed by atoms with Crippen LogP contribution in [0.25, 0.3) is 10.9 Å². The van der Waals surface area contributed by atoms with Crippen LogP contribution in [0, 0.1) is 5.41 Å². The Morgan fingerprint density at radius 2 is 2.14 bits per heavy atom. The highest BCUT2D eigenvalue weighted by atomic mass is 16.4. The summed E-state index contributed by atoms with van der Waals surface area (Å²) >= 11 is 0. The molecule has 1 aromatic carbocycles. The van der Waals surface area contributed by atoms with Crippen molar-refractivity contribution < 1.29 is 9.90 Å². The van der Waals surface area contributed by atoms with Gasteiger partial charge in [-0.05, 0) is 31.0 Å². The van der Waals surface area contributed by atoms with Crippen LogP contribution in [0.3, 0.4) is 0 Å². The quantitative estimate of drug-likeness (QED) is 0.940. The zero-order valence-electron chi connectivity index (χ0n) is 12.7. The van der Waals surface area contributed by atoms with Crippen LogP contribution in [0.4, 0.5) is 0 Å². The smallest absolute Gasteiger partial charge is 0.310 e. The van der Waals surface area contributed by atoms with Gasteiger partial charge < -0.3 is 9.67 Å². The second-order valence-corrected chi connectivity index (χ2v) is 6.18. The fraction of sp³-hybridized carbons (Fsp3) is 0.471. The lowest BCUT2D eigenvalue weighted by atomic mass is 9.84. The number of hydrogen-bond donors (Lipinski definition) is 1. The monoisotopic (exact) mass is 286 g/mol. The van der Waals surface area contributed by atoms with Gasteiger partial charge in [-0.3, -0.25) is 9.69 Å². The summed E-state index contributed by atoms with van der Waals surface area (Å²) in [6.07, 6.45) is 3.62. The molecule has 0 saturated carbocycles. The van der Waals surface area contributed by atoms with E-state index in [0.29, 0.717) is 13.0 Å². The number of fused-ring (bicyclic) bond motifs is 1. The molecule has 0 radical (unpaired) electrons. The molecule has 1 saturated heterocycles. The van der Waals surface area contributed by atoms with Gasteiger partial charge in [0.05, 0.1) is 5.41 Å². The van der Waals surface area contributed by atoms with E-state index in [-0.39, 0.29) is 0 Å². The summed E-state index contributed by atoms with van der Waals surface area (Å²) in [6, 6.07) is 8.37. The number of aliphatic carboxylic acids is 1.